The summed E-state index contributed by atoms with van der Waals surface area (Å²) in [5.74, 6) is 0.177. The van der Waals surface area contributed by atoms with Crippen molar-refractivity contribution in [2.45, 2.75) is 58.0 Å². The number of ether oxygens (including phenoxy) is 1. The molecule has 0 aromatic rings. The molecule has 1 rings (SSSR count). The molecule has 0 amide bonds. The highest BCUT2D eigenvalue weighted by Gasteiger charge is 2.35. The fourth-order valence-electron chi connectivity index (χ4n) is 2.82. The Labute approximate surface area is 128 Å². The predicted octanol–water partition coefficient (Wildman–Crippen LogP) is 1.47. The Hall–Kier alpha value is -0.650. The van der Waals surface area contributed by atoms with Crippen LogP contribution in [0.1, 0.15) is 52.4 Å². The molecule has 5 nitrogen and oxygen atoms in total. The predicted molar refractivity (Wildman–Crippen MR) is 81.9 cm³/mol. The number of hydrogen-bond donors (Lipinski definition) is 3. The monoisotopic (exact) mass is 301 g/mol. The van der Waals surface area contributed by atoms with E-state index in [0.717, 1.165) is 19.4 Å². The van der Waals surface area contributed by atoms with E-state index in [1.165, 1.54) is 0 Å². The van der Waals surface area contributed by atoms with Crippen LogP contribution in [0.25, 0.3) is 0 Å². The van der Waals surface area contributed by atoms with Crippen molar-refractivity contribution in [2.75, 3.05) is 26.3 Å². The molecule has 1 unspecified atom stereocenters. The second-order valence-electron chi connectivity index (χ2n) is 6.36. The average molecular weight is 301 g/mol. The second kappa shape index (κ2) is 9.38. The van der Waals surface area contributed by atoms with E-state index in [1.807, 2.05) is 13.8 Å². The third kappa shape index (κ3) is 6.76. The fraction of sp³-hybridized carbons (Fsp3) is 0.938. The van der Waals surface area contributed by atoms with Crippen LogP contribution in [0.15, 0.2) is 0 Å². The maximum Gasteiger partial charge on any atom is 0.308 e. The van der Waals surface area contributed by atoms with Gasteiger partial charge in [-0.15, -0.1) is 0 Å². The molecule has 0 aromatic heterocycles. The first-order chi connectivity index (χ1) is 10.0. The summed E-state index contributed by atoms with van der Waals surface area (Å²) in [7, 11) is 0. The first-order valence-electron chi connectivity index (χ1n) is 8.21. The number of esters is 1. The van der Waals surface area contributed by atoms with Gasteiger partial charge in [0.1, 0.15) is 0 Å². The highest BCUT2D eigenvalue weighted by molar-refractivity contribution is 5.72. The van der Waals surface area contributed by atoms with Gasteiger partial charge in [0.05, 0.1) is 18.1 Å². The van der Waals surface area contributed by atoms with E-state index in [9.17, 15) is 9.90 Å². The number of aliphatic hydroxyl groups is 2. The van der Waals surface area contributed by atoms with Gasteiger partial charge in [0.15, 0.2) is 0 Å². The zero-order valence-electron chi connectivity index (χ0n) is 13.4. The summed E-state index contributed by atoms with van der Waals surface area (Å²) in [5, 5.41) is 22.7. The van der Waals surface area contributed by atoms with Gasteiger partial charge in [-0.25, -0.2) is 0 Å². The van der Waals surface area contributed by atoms with Gasteiger partial charge in [0, 0.05) is 13.2 Å². The van der Waals surface area contributed by atoms with Gasteiger partial charge in [-0.3, -0.25) is 4.79 Å². The first-order valence-corrected chi connectivity index (χ1v) is 8.21. The lowest BCUT2D eigenvalue weighted by Gasteiger charge is -2.35. The molecule has 1 aliphatic rings. The Morgan fingerprint density at radius 1 is 1.43 bits per heavy atom. The molecule has 0 aliphatic heterocycles. The van der Waals surface area contributed by atoms with Crippen LogP contribution in [0.3, 0.4) is 0 Å². The Balaban J connectivity index is 2.17. The molecule has 5 heteroatoms. The topological polar surface area (TPSA) is 78.8 Å². The van der Waals surface area contributed by atoms with E-state index in [0.29, 0.717) is 44.8 Å². The molecule has 1 fully saturated rings. The van der Waals surface area contributed by atoms with Gasteiger partial charge in [0.2, 0.25) is 0 Å². The first kappa shape index (κ1) is 18.4. The molecule has 124 valence electrons. The van der Waals surface area contributed by atoms with E-state index in [4.69, 9.17) is 9.84 Å². The molecule has 21 heavy (non-hydrogen) atoms. The summed E-state index contributed by atoms with van der Waals surface area (Å²) >= 11 is 0. The number of aliphatic hydroxyl groups excluding tert-OH is 1. The minimum absolute atomic E-state index is 0.0457. The second-order valence-corrected chi connectivity index (χ2v) is 6.36. The molecular weight excluding hydrogens is 270 g/mol. The van der Waals surface area contributed by atoms with E-state index >= 15 is 0 Å². The van der Waals surface area contributed by atoms with Crippen LogP contribution >= 0.6 is 0 Å². The summed E-state index contributed by atoms with van der Waals surface area (Å²) in [5.41, 5.74) is -0.689. The Kier molecular flexibility index (Phi) is 8.22. The van der Waals surface area contributed by atoms with Crippen molar-refractivity contribution >= 4 is 5.97 Å². The minimum atomic E-state index is -0.689. The van der Waals surface area contributed by atoms with Gasteiger partial charge >= 0.3 is 5.97 Å². The van der Waals surface area contributed by atoms with Gasteiger partial charge in [-0.1, -0.05) is 6.92 Å². The minimum Gasteiger partial charge on any atom is -0.466 e. The van der Waals surface area contributed by atoms with Crippen molar-refractivity contribution in [3.05, 3.63) is 0 Å². The lowest BCUT2D eigenvalue weighted by atomic mass is 9.79. The van der Waals surface area contributed by atoms with E-state index in [-0.39, 0.29) is 18.5 Å². The number of carbonyl (C=O) groups is 1. The Morgan fingerprint density at radius 2 is 2.10 bits per heavy atom. The van der Waals surface area contributed by atoms with Crippen LogP contribution in [0.5, 0.6) is 0 Å². The SMILES string of the molecule is CCOC(=O)C1CCC(O)(CNCCCC(C)CO)CC1. The summed E-state index contributed by atoms with van der Waals surface area (Å²) in [6.45, 7) is 5.94. The smallest absolute Gasteiger partial charge is 0.308 e. The quantitative estimate of drug-likeness (QED) is 0.444. The standard InChI is InChI=1S/C16H31NO4/c1-3-21-15(19)14-6-8-16(20,9-7-14)12-17-10-4-5-13(2)11-18/h13-14,17-18,20H,3-12H2,1-2H3. The molecule has 0 heterocycles. The largest absolute Gasteiger partial charge is 0.466 e. The van der Waals surface area contributed by atoms with Gasteiger partial charge < -0.3 is 20.3 Å². The van der Waals surface area contributed by atoms with Crippen LogP contribution in [0.4, 0.5) is 0 Å². The molecule has 0 saturated heterocycles. The molecule has 3 N–H and O–H groups in total. The fourth-order valence-corrected chi connectivity index (χ4v) is 2.82. The maximum atomic E-state index is 11.7. The molecule has 0 radical (unpaired) electrons. The summed E-state index contributed by atoms with van der Waals surface area (Å²) < 4.78 is 5.04. The maximum absolute atomic E-state index is 11.7. The highest BCUT2D eigenvalue weighted by atomic mass is 16.5. The van der Waals surface area contributed by atoms with E-state index in [2.05, 4.69) is 5.32 Å². The summed E-state index contributed by atoms with van der Waals surface area (Å²) in [6, 6.07) is 0. The van der Waals surface area contributed by atoms with Crippen molar-refractivity contribution in [3.8, 4) is 0 Å². The van der Waals surface area contributed by atoms with Crippen molar-refractivity contribution in [1.29, 1.82) is 0 Å². The van der Waals surface area contributed by atoms with Gasteiger partial charge in [-0.05, 0) is 57.9 Å². The average Bonchev–Trinajstić information content (AvgIpc) is 2.47. The molecule has 0 aromatic carbocycles. The zero-order valence-corrected chi connectivity index (χ0v) is 13.4. The number of rotatable bonds is 9. The Bertz CT molecular complexity index is 301. The third-order valence-electron chi connectivity index (χ3n) is 4.35. The molecule has 0 spiro atoms. The van der Waals surface area contributed by atoms with Gasteiger partial charge in [0.25, 0.3) is 0 Å². The van der Waals surface area contributed by atoms with Crippen LogP contribution in [0, 0.1) is 11.8 Å². The van der Waals surface area contributed by atoms with Crippen molar-refractivity contribution in [2.24, 2.45) is 11.8 Å². The highest BCUT2D eigenvalue weighted by Crippen LogP contribution is 2.32. The summed E-state index contributed by atoms with van der Waals surface area (Å²) in [6.07, 6.45) is 4.71. The van der Waals surface area contributed by atoms with Crippen molar-refractivity contribution in [1.82, 2.24) is 5.32 Å². The number of hydrogen-bond acceptors (Lipinski definition) is 5. The van der Waals surface area contributed by atoms with Crippen LogP contribution < -0.4 is 5.32 Å². The zero-order chi connectivity index (χ0) is 15.7. The Morgan fingerprint density at radius 3 is 2.67 bits per heavy atom. The van der Waals surface area contributed by atoms with E-state index < -0.39 is 5.60 Å². The van der Waals surface area contributed by atoms with Crippen LogP contribution in [0.2, 0.25) is 0 Å². The van der Waals surface area contributed by atoms with Crippen LogP contribution in [-0.2, 0) is 9.53 Å². The molecule has 0 bridgehead atoms. The molecular formula is C16H31NO4. The molecule has 1 aliphatic carbocycles. The summed E-state index contributed by atoms with van der Waals surface area (Å²) in [4.78, 5) is 11.7. The molecule has 1 atom stereocenters. The van der Waals surface area contributed by atoms with Crippen molar-refractivity contribution < 1.29 is 19.7 Å². The third-order valence-corrected chi connectivity index (χ3v) is 4.35. The van der Waals surface area contributed by atoms with Crippen LogP contribution in [-0.4, -0.2) is 48.1 Å². The number of carbonyl (C=O) groups excluding carboxylic acids is 1. The van der Waals surface area contributed by atoms with Crippen molar-refractivity contribution in [3.63, 3.8) is 0 Å². The molecule has 1 saturated carbocycles. The lowest BCUT2D eigenvalue weighted by Crippen LogP contribution is -2.44. The van der Waals surface area contributed by atoms with E-state index in [1.54, 1.807) is 0 Å². The lowest BCUT2D eigenvalue weighted by molar-refractivity contribution is -0.151. The normalized spacial score (nSPS) is 27.3. The number of nitrogens with one attached hydrogen (secondary N) is 1. The van der Waals surface area contributed by atoms with Gasteiger partial charge in [-0.2, -0.15) is 0 Å².